The van der Waals surface area contributed by atoms with Gasteiger partial charge in [0.25, 0.3) is 0 Å². The van der Waals surface area contributed by atoms with Crippen LogP contribution in [0.1, 0.15) is 44.7 Å². The Morgan fingerprint density at radius 2 is 1.79 bits per heavy atom. The molecular formula is C20H28F3N3O2. The lowest BCUT2D eigenvalue weighted by Gasteiger charge is -2.32. The van der Waals surface area contributed by atoms with Gasteiger partial charge >= 0.3 is 6.18 Å². The molecule has 1 aromatic rings. The number of rotatable bonds is 5. The molecule has 0 bridgehead atoms. The minimum atomic E-state index is -4.34. The number of benzene rings is 1. The molecule has 0 atom stereocenters. The van der Waals surface area contributed by atoms with Gasteiger partial charge in [0, 0.05) is 31.1 Å². The van der Waals surface area contributed by atoms with Gasteiger partial charge in [-0.2, -0.15) is 13.2 Å². The maximum atomic E-state index is 12.8. The number of nitrogens with one attached hydrogen (secondary N) is 2. The Hall–Kier alpha value is -2.09. The first-order valence-corrected chi connectivity index (χ1v) is 9.41. The molecule has 1 saturated heterocycles. The highest BCUT2D eigenvalue weighted by atomic mass is 19.4. The molecule has 1 aliphatic heterocycles. The van der Waals surface area contributed by atoms with E-state index in [2.05, 4.69) is 15.5 Å². The minimum Gasteiger partial charge on any atom is -0.352 e. The van der Waals surface area contributed by atoms with E-state index in [1.807, 2.05) is 0 Å². The molecule has 2 N–H and O–H groups in total. The average Bonchev–Trinajstić information content (AvgIpc) is 2.60. The molecule has 0 unspecified atom stereocenters. The Kier molecular flexibility index (Phi) is 7.09. The van der Waals surface area contributed by atoms with E-state index in [-0.39, 0.29) is 24.4 Å². The third-order valence-corrected chi connectivity index (χ3v) is 4.70. The van der Waals surface area contributed by atoms with E-state index in [0.717, 1.165) is 18.9 Å². The smallest absolute Gasteiger partial charge is 0.352 e. The van der Waals surface area contributed by atoms with E-state index in [1.54, 1.807) is 26.8 Å². The molecule has 2 amide bonds. The van der Waals surface area contributed by atoms with Crippen LogP contribution in [-0.4, -0.2) is 42.4 Å². The number of halogens is 3. The first-order chi connectivity index (χ1) is 12.9. The highest BCUT2D eigenvalue weighted by Crippen LogP contribution is 2.30. The second-order valence-electron chi connectivity index (χ2n) is 8.25. The Morgan fingerprint density at radius 1 is 1.14 bits per heavy atom. The van der Waals surface area contributed by atoms with E-state index in [1.165, 1.54) is 12.1 Å². The van der Waals surface area contributed by atoms with Gasteiger partial charge < -0.3 is 10.6 Å². The quantitative estimate of drug-likeness (QED) is 0.800. The molecule has 1 fully saturated rings. The van der Waals surface area contributed by atoms with Crippen LogP contribution in [0.2, 0.25) is 0 Å². The van der Waals surface area contributed by atoms with Crippen LogP contribution in [0.3, 0.4) is 0 Å². The number of likely N-dealkylation sites (tertiary alicyclic amines) is 1. The first kappa shape index (κ1) is 22.2. The van der Waals surface area contributed by atoms with E-state index < -0.39 is 17.2 Å². The predicted octanol–water partition coefficient (Wildman–Crippen LogP) is 2.95. The van der Waals surface area contributed by atoms with Crippen LogP contribution in [0, 0.1) is 5.41 Å². The van der Waals surface area contributed by atoms with Crippen molar-refractivity contribution in [3.05, 3.63) is 35.4 Å². The molecule has 8 heteroatoms. The van der Waals surface area contributed by atoms with Crippen LogP contribution in [-0.2, 0) is 22.3 Å². The lowest BCUT2D eigenvalue weighted by Crippen LogP contribution is -2.48. The summed E-state index contributed by atoms with van der Waals surface area (Å²) in [5.74, 6) is -0.410. The summed E-state index contributed by atoms with van der Waals surface area (Å²) in [4.78, 5) is 25.9. The number of amides is 2. The summed E-state index contributed by atoms with van der Waals surface area (Å²) < 4.78 is 38.5. The molecule has 1 aliphatic rings. The predicted molar refractivity (Wildman–Crippen MR) is 100 cm³/mol. The molecule has 156 valence electrons. The maximum absolute atomic E-state index is 12.8. The number of hydrogen-bond acceptors (Lipinski definition) is 3. The largest absolute Gasteiger partial charge is 0.416 e. The fourth-order valence-electron chi connectivity index (χ4n) is 3.04. The third kappa shape index (κ3) is 6.82. The Morgan fingerprint density at radius 3 is 2.36 bits per heavy atom. The van der Waals surface area contributed by atoms with E-state index in [9.17, 15) is 22.8 Å². The number of carbonyl (C=O) groups excluding carboxylic acids is 2. The summed E-state index contributed by atoms with van der Waals surface area (Å²) in [5, 5.41) is 5.53. The molecule has 0 radical (unpaired) electrons. The van der Waals surface area contributed by atoms with Gasteiger partial charge in [-0.3, -0.25) is 14.5 Å². The molecule has 1 heterocycles. The second kappa shape index (κ2) is 8.94. The number of alkyl halides is 3. The van der Waals surface area contributed by atoms with Crippen LogP contribution in [0.4, 0.5) is 13.2 Å². The first-order valence-electron chi connectivity index (χ1n) is 9.41. The van der Waals surface area contributed by atoms with E-state index >= 15 is 0 Å². The highest BCUT2D eigenvalue weighted by molar-refractivity contribution is 5.87. The zero-order chi connectivity index (χ0) is 20.9. The molecular weight excluding hydrogens is 371 g/mol. The van der Waals surface area contributed by atoms with E-state index in [4.69, 9.17) is 0 Å². The Labute approximate surface area is 163 Å². The second-order valence-corrected chi connectivity index (χ2v) is 8.25. The topological polar surface area (TPSA) is 61.4 Å². The van der Waals surface area contributed by atoms with Gasteiger partial charge in [-0.15, -0.1) is 0 Å². The molecule has 0 aliphatic carbocycles. The van der Waals surface area contributed by atoms with Crippen LogP contribution in [0.15, 0.2) is 24.3 Å². The van der Waals surface area contributed by atoms with Gasteiger partial charge in [0.1, 0.15) is 0 Å². The van der Waals surface area contributed by atoms with Crippen LogP contribution in [0.5, 0.6) is 0 Å². The van der Waals surface area contributed by atoms with Crippen molar-refractivity contribution in [2.24, 2.45) is 5.41 Å². The van der Waals surface area contributed by atoms with Gasteiger partial charge in [-0.1, -0.05) is 39.0 Å². The molecule has 0 spiro atoms. The number of nitrogens with zero attached hydrogens (tertiary/aromatic N) is 1. The standard InChI is InChI=1S/C20H28F3N3O2/c1-19(2,3)18(28)24-12-17(27)25-16-7-9-26(10-8-16)13-14-5-4-6-15(11-14)20(21,22)23/h4-6,11,16H,7-10,12-13H2,1-3H3,(H,24,28)(H,25,27). The van der Waals surface area contributed by atoms with E-state index in [0.29, 0.717) is 25.2 Å². The van der Waals surface area contributed by atoms with Gasteiger partial charge in [-0.05, 0) is 24.5 Å². The zero-order valence-corrected chi connectivity index (χ0v) is 16.5. The molecule has 5 nitrogen and oxygen atoms in total. The summed E-state index contributed by atoms with van der Waals surface area (Å²) >= 11 is 0. The summed E-state index contributed by atoms with van der Waals surface area (Å²) in [6.45, 7) is 7.11. The van der Waals surface area contributed by atoms with Crippen molar-refractivity contribution in [1.29, 1.82) is 0 Å². The Balaban J connectivity index is 1.76. The monoisotopic (exact) mass is 399 g/mol. The SMILES string of the molecule is CC(C)(C)C(=O)NCC(=O)NC1CCN(Cc2cccc(C(F)(F)F)c2)CC1. The lowest BCUT2D eigenvalue weighted by molar-refractivity contribution is -0.137. The Bertz CT molecular complexity index is 691. The van der Waals surface area contributed by atoms with Gasteiger partial charge in [-0.25, -0.2) is 0 Å². The van der Waals surface area contributed by atoms with Crippen LogP contribution >= 0.6 is 0 Å². The van der Waals surface area contributed by atoms with Gasteiger partial charge in [0.05, 0.1) is 12.1 Å². The lowest BCUT2D eigenvalue weighted by atomic mass is 9.96. The summed E-state index contributed by atoms with van der Waals surface area (Å²) in [7, 11) is 0. The molecule has 28 heavy (non-hydrogen) atoms. The maximum Gasteiger partial charge on any atom is 0.416 e. The minimum absolute atomic E-state index is 0.0109. The summed E-state index contributed by atoms with van der Waals surface area (Å²) in [5.41, 5.74) is -0.554. The zero-order valence-electron chi connectivity index (χ0n) is 16.5. The van der Waals surface area contributed by atoms with Crippen molar-refractivity contribution in [2.45, 2.75) is 52.4 Å². The summed E-state index contributed by atoms with van der Waals surface area (Å²) in [6.07, 6.45) is -2.90. The summed E-state index contributed by atoms with van der Waals surface area (Å²) in [6, 6.07) is 5.39. The van der Waals surface area contributed by atoms with Gasteiger partial charge in [0.2, 0.25) is 11.8 Å². The number of piperidine rings is 1. The molecule has 2 rings (SSSR count). The molecule has 1 aromatic carbocycles. The van der Waals surface area contributed by atoms with Crippen molar-refractivity contribution in [1.82, 2.24) is 15.5 Å². The van der Waals surface area contributed by atoms with Crippen LogP contribution in [0.25, 0.3) is 0 Å². The number of hydrogen-bond donors (Lipinski definition) is 2. The van der Waals surface area contributed by atoms with Crippen molar-refractivity contribution < 1.29 is 22.8 Å². The highest BCUT2D eigenvalue weighted by Gasteiger charge is 2.30. The van der Waals surface area contributed by atoms with Crippen molar-refractivity contribution in [3.63, 3.8) is 0 Å². The number of carbonyl (C=O) groups is 2. The van der Waals surface area contributed by atoms with Crippen LogP contribution < -0.4 is 10.6 Å². The average molecular weight is 399 g/mol. The normalized spacial score (nSPS) is 16.6. The fourth-order valence-corrected chi connectivity index (χ4v) is 3.04. The van der Waals surface area contributed by atoms with Gasteiger partial charge in [0.15, 0.2) is 0 Å². The van der Waals surface area contributed by atoms with Crippen molar-refractivity contribution >= 4 is 11.8 Å². The molecule has 0 saturated carbocycles. The fraction of sp³-hybridized carbons (Fsp3) is 0.600. The third-order valence-electron chi connectivity index (χ3n) is 4.70. The molecule has 0 aromatic heterocycles. The van der Waals surface area contributed by atoms with Crippen molar-refractivity contribution in [2.75, 3.05) is 19.6 Å². The van der Waals surface area contributed by atoms with Crippen molar-refractivity contribution in [3.8, 4) is 0 Å².